The molecule has 0 bridgehead atoms. The Hall–Kier alpha value is -2.17. The van der Waals surface area contributed by atoms with Crippen molar-refractivity contribution in [3.05, 3.63) is 36.2 Å². The van der Waals surface area contributed by atoms with Gasteiger partial charge in [0.25, 0.3) is 0 Å². The second kappa shape index (κ2) is 4.78. The van der Waals surface area contributed by atoms with Crippen LogP contribution in [0.2, 0.25) is 0 Å². The highest BCUT2D eigenvalue weighted by molar-refractivity contribution is 5.89. The SMILES string of the molecule is CCOC(=O)c1ccc(-c2ccn(C)n2)nc1. The first-order valence-electron chi connectivity index (χ1n) is 5.34. The van der Waals surface area contributed by atoms with Gasteiger partial charge in [-0.2, -0.15) is 5.10 Å². The van der Waals surface area contributed by atoms with Crippen LogP contribution in [0.25, 0.3) is 11.4 Å². The third kappa shape index (κ3) is 2.50. The first-order chi connectivity index (χ1) is 8.20. The molecule has 0 fully saturated rings. The molecular weight excluding hydrogens is 218 g/mol. The van der Waals surface area contributed by atoms with E-state index >= 15 is 0 Å². The van der Waals surface area contributed by atoms with E-state index in [1.807, 2.05) is 19.3 Å². The quantitative estimate of drug-likeness (QED) is 0.754. The van der Waals surface area contributed by atoms with Gasteiger partial charge in [0.05, 0.1) is 17.9 Å². The maximum absolute atomic E-state index is 11.4. The van der Waals surface area contributed by atoms with Crippen molar-refractivity contribution < 1.29 is 9.53 Å². The number of aryl methyl sites for hydroxylation is 1. The molecule has 17 heavy (non-hydrogen) atoms. The van der Waals surface area contributed by atoms with E-state index < -0.39 is 0 Å². The average molecular weight is 231 g/mol. The van der Waals surface area contributed by atoms with Crippen molar-refractivity contribution >= 4 is 5.97 Å². The van der Waals surface area contributed by atoms with Gasteiger partial charge in [-0.25, -0.2) is 4.79 Å². The molecule has 2 aromatic heterocycles. The minimum Gasteiger partial charge on any atom is -0.462 e. The molecule has 2 rings (SSSR count). The van der Waals surface area contributed by atoms with Crippen molar-refractivity contribution in [2.75, 3.05) is 6.61 Å². The molecular formula is C12H13N3O2. The topological polar surface area (TPSA) is 57.0 Å². The summed E-state index contributed by atoms with van der Waals surface area (Å²) < 4.78 is 6.58. The zero-order valence-corrected chi connectivity index (χ0v) is 9.75. The van der Waals surface area contributed by atoms with Crippen molar-refractivity contribution in [2.45, 2.75) is 6.92 Å². The third-order valence-corrected chi connectivity index (χ3v) is 2.25. The Labute approximate surface area is 99.1 Å². The van der Waals surface area contributed by atoms with Crippen LogP contribution in [0.15, 0.2) is 30.6 Å². The molecule has 0 aliphatic heterocycles. The number of hydrogen-bond acceptors (Lipinski definition) is 4. The van der Waals surface area contributed by atoms with Crippen LogP contribution in [0.1, 0.15) is 17.3 Å². The van der Waals surface area contributed by atoms with Crippen molar-refractivity contribution in [2.24, 2.45) is 7.05 Å². The predicted octanol–water partition coefficient (Wildman–Crippen LogP) is 1.66. The second-order valence-corrected chi connectivity index (χ2v) is 3.53. The summed E-state index contributed by atoms with van der Waals surface area (Å²) in [6.45, 7) is 2.13. The van der Waals surface area contributed by atoms with E-state index in [-0.39, 0.29) is 5.97 Å². The predicted molar refractivity (Wildman–Crippen MR) is 62.4 cm³/mol. The lowest BCUT2D eigenvalue weighted by atomic mass is 10.2. The van der Waals surface area contributed by atoms with Crippen molar-refractivity contribution in [1.29, 1.82) is 0 Å². The van der Waals surface area contributed by atoms with Gasteiger partial charge in [-0.1, -0.05) is 0 Å². The smallest absolute Gasteiger partial charge is 0.339 e. The van der Waals surface area contributed by atoms with Crippen LogP contribution in [-0.2, 0) is 11.8 Å². The van der Waals surface area contributed by atoms with Gasteiger partial charge in [0.1, 0.15) is 5.69 Å². The first kappa shape index (κ1) is 11.3. The number of hydrogen-bond donors (Lipinski definition) is 0. The first-order valence-corrected chi connectivity index (χ1v) is 5.34. The Morgan fingerprint density at radius 3 is 2.71 bits per heavy atom. The third-order valence-electron chi connectivity index (χ3n) is 2.25. The fourth-order valence-electron chi connectivity index (χ4n) is 1.43. The van der Waals surface area contributed by atoms with Crippen molar-refractivity contribution in [3.8, 4) is 11.4 Å². The van der Waals surface area contributed by atoms with Crippen LogP contribution in [0.5, 0.6) is 0 Å². The molecule has 0 atom stereocenters. The van der Waals surface area contributed by atoms with E-state index in [0.29, 0.717) is 12.2 Å². The molecule has 0 radical (unpaired) electrons. The lowest BCUT2D eigenvalue weighted by Gasteiger charge is -2.01. The fraction of sp³-hybridized carbons (Fsp3) is 0.250. The van der Waals surface area contributed by atoms with E-state index in [9.17, 15) is 4.79 Å². The summed E-state index contributed by atoms with van der Waals surface area (Å²) in [5, 5.41) is 4.23. The van der Waals surface area contributed by atoms with Gasteiger partial charge in [-0.15, -0.1) is 0 Å². The lowest BCUT2D eigenvalue weighted by molar-refractivity contribution is 0.0526. The summed E-state index contributed by atoms with van der Waals surface area (Å²) in [5.74, 6) is -0.354. The molecule has 0 unspecified atom stereocenters. The molecule has 0 aromatic carbocycles. The highest BCUT2D eigenvalue weighted by atomic mass is 16.5. The van der Waals surface area contributed by atoms with Gasteiger partial charge in [0.15, 0.2) is 0 Å². The van der Waals surface area contributed by atoms with Crippen molar-refractivity contribution in [1.82, 2.24) is 14.8 Å². The molecule has 0 amide bonds. The zero-order valence-electron chi connectivity index (χ0n) is 9.75. The number of ether oxygens (including phenoxy) is 1. The van der Waals surface area contributed by atoms with E-state index in [0.717, 1.165) is 11.4 Å². The molecule has 0 aliphatic carbocycles. The number of carbonyl (C=O) groups is 1. The maximum atomic E-state index is 11.4. The molecule has 5 heteroatoms. The molecule has 0 saturated carbocycles. The highest BCUT2D eigenvalue weighted by Gasteiger charge is 2.08. The molecule has 2 aromatic rings. The summed E-state index contributed by atoms with van der Waals surface area (Å²) >= 11 is 0. The molecule has 0 aliphatic rings. The number of carbonyl (C=O) groups excluding carboxylic acids is 1. The average Bonchev–Trinajstić information content (AvgIpc) is 2.76. The Bertz CT molecular complexity index is 517. The van der Waals surface area contributed by atoms with Crippen LogP contribution >= 0.6 is 0 Å². The van der Waals surface area contributed by atoms with E-state index in [2.05, 4.69) is 10.1 Å². The van der Waals surface area contributed by atoms with Gasteiger partial charge in [0, 0.05) is 19.4 Å². The van der Waals surface area contributed by atoms with E-state index in [4.69, 9.17) is 4.74 Å². The van der Waals surface area contributed by atoms with E-state index in [1.54, 1.807) is 23.7 Å². The molecule has 0 saturated heterocycles. The summed E-state index contributed by atoms with van der Waals surface area (Å²) in [6.07, 6.45) is 3.35. The summed E-state index contributed by atoms with van der Waals surface area (Å²) in [5.41, 5.74) is 1.97. The summed E-state index contributed by atoms with van der Waals surface area (Å²) in [6, 6.07) is 5.32. The fourth-order valence-corrected chi connectivity index (χ4v) is 1.43. The number of nitrogens with zero attached hydrogens (tertiary/aromatic N) is 3. The van der Waals surface area contributed by atoms with Crippen LogP contribution in [0, 0.1) is 0 Å². The summed E-state index contributed by atoms with van der Waals surface area (Å²) in [4.78, 5) is 15.6. The number of rotatable bonds is 3. The Balaban J connectivity index is 2.21. The van der Waals surface area contributed by atoms with Gasteiger partial charge in [-0.3, -0.25) is 9.67 Å². The Kier molecular flexibility index (Phi) is 3.18. The molecule has 0 N–H and O–H groups in total. The standard InChI is InChI=1S/C12H13N3O2/c1-3-17-12(16)9-4-5-10(13-8-9)11-6-7-15(2)14-11/h4-8H,3H2,1-2H3. The minimum atomic E-state index is -0.354. The van der Waals surface area contributed by atoms with Crippen LogP contribution in [0.4, 0.5) is 0 Å². The molecule has 88 valence electrons. The van der Waals surface area contributed by atoms with Crippen LogP contribution in [0.3, 0.4) is 0 Å². The van der Waals surface area contributed by atoms with Crippen LogP contribution in [-0.4, -0.2) is 27.3 Å². The number of aromatic nitrogens is 3. The maximum Gasteiger partial charge on any atom is 0.339 e. The van der Waals surface area contributed by atoms with Gasteiger partial charge >= 0.3 is 5.97 Å². The van der Waals surface area contributed by atoms with Crippen LogP contribution < -0.4 is 0 Å². The van der Waals surface area contributed by atoms with Gasteiger partial charge in [0.2, 0.25) is 0 Å². The Morgan fingerprint density at radius 2 is 2.18 bits per heavy atom. The summed E-state index contributed by atoms with van der Waals surface area (Å²) in [7, 11) is 1.84. The van der Waals surface area contributed by atoms with Crippen molar-refractivity contribution in [3.63, 3.8) is 0 Å². The van der Waals surface area contributed by atoms with E-state index in [1.165, 1.54) is 6.20 Å². The Morgan fingerprint density at radius 1 is 1.35 bits per heavy atom. The highest BCUT2D eigenvalue weighted by Crippen LogP contribution is 2.14. The minimum absolute atomic E-state index is 0.354. The largest absolute Gasteiger partial charge is 0.462 e. The monoisotopic (exact) mass is 231 g/mol. The normalized spacial score (nSPS) is 10.2. The number of esters is 1. The molecule has 5 nitrogen and oxygen atoms in total. The van der Waals surface area contributed by atoms with Gasteiger partial charge in [-0.05, 0) is 25.1 Å². The second-order valence-electron chi connectivity index (χ2n) is 3.53. The lowest BCUT2D eigenvalue weighted by Crippen LogP contribution is -2.05. The molecule has 0 spiro atoms. The zero-order chi connectivity index (χ0) is 12.3. The van der Waals surface area contributed by atoms with Gasteiger partial charge < -0.3 is 4.74 Å². The molecule has 2 heterocycles. The number of pyridine rings is 1.